The van der Waals surface area contributed by atoms with E-state index in [1.54, 1.807) is 6.07 Å². The Morgan fingerprint density at radius 1 is 1.20 bits per heavy atom. The van der Waals surface area contributed by atoms with Gasteiger partial charge in [-0.2, -0.15) is 0 Å². The highest BCUT2D eigenvalue weighted by molar-refractivity contribution is 9.10. The number of nitrogens with one attached hydrogen (secondary N) is 1. The van der Waals surface area contributed by atoms with Crippen LogP contribution >= 0.6 is 15.9 Å². The molecule has 0 saturated carbocycles. The SMILES string of the molecule is Cc1cc(C)cc(CC(NN)c2c(F)cccc2Br)c1. The average Bonchev–Trinajstić information content (AvgIpc) is 2.36. The van der Waals surface area contributed by atoms with Crippen LogP contribution in [0.5, 0.6) is 0 Å². The third-order valence-electron chi connectivity index (χ3n) is 3.27. The van der Waals surface area contributed by atoms with Crippen LogP contribution in [-0.2, 0) is 6.42 Å². The smallest absolute Gasteiger partial charge is 0.129 e. The number of hydrazine groups is 1. The van der Waals surface area contributed by atoms with E-state index >= 15 is 0 Å². The number of rotatable bonds is 4. The Morgan fingerprint density at radius 2 is 1.85 bits per heavy atom. The standard InChI is InChI=1S/C16H18BrFN2/c1-10-6-11(2)8-12(7-10)9-15(20-19)16-13(17)4-3-5-14(16)18/h3-8,15,20H,9,19H2,1-2H3. The van der Waals surface area contributed by atoms with Crippen LogP contribution in [0.4, 0.5) is 4.39 Å². The Bertz CT molecular complexity index is 573. The van der Waals surface area contributed by atoms with E-state index < -0.39 is 0 Å². The van der Waals surface area contributed by atoms with Crippen LogP contribution in [0, 0.1) is 19.7 Å². The molecular weight excluding hydrogens is 319 g/mol. The number of aryl methyl sites for hydroxylation is 2. The highest BCUT2D eigenvalue weighted by atomic mass is 79.9. The molecule has 2 aromatic carbocycles. The molecule has 0 heterocycles. The van der Waals surface area contributed by atoms with Gasteiger partial charge in [-0.15, -0.1) is 0 Å². The fourth-order valence-corrected chi connectivity index (χ4v) is 3.13. The third-order valence-corrected chi connectivity index (χ3v) is 3.96. The molecule has 0 saturated heterocycles. The van der Waals surface area contributed by atoms with Crippen molar-refractivity contribution in [3.63, 3.8) is 0 Å². The van der Waals surface area contributed by atoms with Crippen LogP contribution in [0.15, 0.2) is 40.9 Å². The molecule has 3 N–H and O–H groups in total. The summed E-state index contributed by atoms with van der Waals surface area (Å²) in [5.74, 6) is 5.37. The largest absolute Gasteiger partial charge is 0.271 e. The summed E-state index contributed by atoms with van der Waals surface area (Å²) in [5, 5.41) is 0. The van der Waals surface area contributed by atoms with Crippen molar-refractivity contribution in [2.24, 2.45) is 5.84 Å². The van der Waals surface area contributed by atoms with Gasteiger partial charge >= 0.3 is 0 Å². The van der Waals surface area contributed by atoms with Gasteiger partial charge in [-0.3, -0.25) is 11.3 Å². The van der Waals surface area contributed by atoms with Gasteiger partial charge in [0.05, 0.1) is 6.04 Å². The Balaban J connectivity index is 2.34. The summed E-state index contributed by atoms with van der Waals surface area (Å²) in [7, 11) is 0. The van der Waals surface area contributed by atoms with E-state index in [1.165, 1.54) is 17.2 Å². The fourth-order valence-electron chi connectivity index (χ4n) is 2.51. The molecule has 4 heteroatoms. The molecule has 0 radical (unpaired) electrons. The first-order valence-corrected chi connectivity index (χ1v) is 7.27. The number of hydrogen-bond donors (Lipinski definition) is 2. The van der Waals surface area contributed by atoms with Gasteiger partial charge in [0.1, 0.15) is 5.82 Å². The van der Waals surface area contributed by atoms with E-state index in [2.05, 4.69) is 53.4 Å². The number of hydrogen-bond acceptors (Lipinski definition) is 2. The molecule has 0 fully saturated rings. The van der Waals surface area contributed by atoms with Crippen LogP contribution in [0.1, 0.15) is 28.3 Å². The predicted octanol–water partition coefficient (Wildman–Crippen LogP) is 3.95. The Kier molecular flexibility index (Phi) is 4.91. The molecule has 0 aliphatic heterocycles. The normalized spacial score (nSPS) is 12.4. The zero-order valence-corrected chi connectivity index (χ0v) is 13.2. The van der Waals surface area contributed by atoms with Crippen LogP contribution < -0.4 is 11.3 Å². The van der Waals surface area contributed by atoms with Crippen molar-refractivity contribution in [2.75, 3.05) is 0 Å². The van der Waals surface area contributed by atoms with Gasteiger partial charge < -0.3 is 0 Å². The van der Waals surface area contributed by atoms with Crippen molar-refractivity contribution < 1.29 is 4.39 Å². The number of nitrogens with two attached hydrogens (primary N) is 1. The van der Waals surface area contributed by atoms with Gasteiger partial charge in [-0.25, -0.2) is 4.39 Å². The van der Waals surface area contributed by atoms with Crippen molar-refractivity contribution in [2.45, 2.75) is 26.3 Å². The summed E-state index contributed by atoms with van der Waals surface area (Å²) >= 11 is 3.40. The van der Waals surface area contributed by atoms with Crippen LogP contribution in [0.3, 0.4) is 0 Å². The molecule has 2 rings (SSSR count). The second-order valence-corrected chi connectivity index (χ2v) is 5.91. The lowest BCUT2D eigenvalue weighted by atomic mass is 9.96. The summed E-state index contributed by atoms with van der Waals surface area (Å²) in [4.78, 5) is 0. The van der Waals surface area contributed by atoms with Gasteiger partial charge in [0, 0.05) is 10.0 Å². The first kappa shape index (κ1) is 15.2. The van der Waals surface area contributed by atoms with Crippen molar-refractivity contribution in [1.82, 2.24) is 5.43 Å². The summed E-state index contributed by atoms with van der Waals surface area (Å²) in [6.07, 6.45) is 0.637. The fraction of sp³-hybridized carbons (Fsp3) is 0.250. The maximum absolute atomic E-state index is 14.0. The minimum atomic E-state index is -0.272. The Hall–Kier alpha value is -1.23. The minimum Gasteiger partial charge on any atom is -0.271 e. The molecule has 106 valence electrons. The molecule has 1 atom stereocenters. The lowest BCUT2D eigenvalue weighted by molar-refractivity contribution is 0.508. The maximum Gasteiger partial charge on any atom is 0.129 e. The van der Waals surface area contributed by atoms with Crippen LogP contribution in [0.25, 0.3) is 0 Å². The van der Waals surface area contributed by atoms with Gasteiger partial charge in [0.15, 0.2) is 0 Å². The highest BCUT2D eigenvalue weighted by Gasteiger charge is 2.18. The number of benzene rings is 2. The molecule has 20 heavy (non-hydrogen) atoms. The van der Waals surface area contributed by atoms with Crippen molar-refractivity contribution >= 4 is 15.9 Å². The second kappa shape index (κ2) is 6.48. The van der Waals surface area contributed by atoms with Crippen molar-refractivity contribution in [3.8, 4) is 0 Å². The van der Waals surface area contributed by atoms with Gasteiger partial charge in [0.25, 0.3) is 0 Å². The molecule has 0 bridgehead atoms. The van der Waals surface area contributed by atoms with E-state index in [0.717, 1.165) is 10.0 Å². The summed E-state index contributed by atoms with van der Waals surface area (Å²) < 4.78 is 14.7. The molecule has 1 unspecified atom stereocenters. The molecule has 0 spiro atoms. The van der Waals surface area contributed by atoms with E-state index in [0.29, 0.717) is 12.0 Å². The quantitative estimate of drug-likeness (QED) is 0.655. The van der Waals surface area contributed by atoms with E-state index in [4.69, 9.17) is 5.84 Å². The molecule has 0 aliphatic rings. The third kappa shape index (κ3) is 3.45. The first-order valence-electron chi connectivity index (χ1n) is 6.48. The summed E-state index contributed by atoms with van der Waals surface area (Å²) in [5.41, 5.74) is 6.82. The Labute approximate surface area is 127 Å². The van der Waals surface area contributed by atoms with Crippen LogP contribution in [0.2, 0.25) is 0 Å². The second-order valence-electron chi connectivity index (χ2n) is 5.05. The zero-order chi connectivity index (χ0) is 14.7. The lowest BCUT2D eigenvalue weighted by Gasteiger charge is -2.19. The molecule has 2 nitrogen and oxygen atoms in total. The van der Waals surface area contributed by atoms with Gasteiger partial charge in [0.2, 0.25) is 0 Å². The lowest BCUT2D eigenvalue weighted by Crippen LogP contribution is -2.30. The first-order chi connectivity index (χ1) is 9.51. The molecule has 0 aliphatic carbocycles. The zero-order valence-electron chi connectivity index (χ0n) is 11.6. The average molecular weight is 337 g/mol. The molecule has 0 amide bonds. The molecular formula is C16H18BrFN2. The Morgan fingerprint density at radius 3 is 2.40 bits per heavy atom. The van der Waals surface area contributed by atoms with Gasteiger partial charge in [-0.1, -0.05) is 51.3 Å². The highest BCUT2D eigenvalue weighted by Crippen LogP contribution is 2.28. The minimum absolute atomic E-state index is 0.258. The molecule has 2 aromatic rings. The predicted molar refractivity (Wildman–Crippen MR) is 83.8 cm³/mol. The van der Waals surface area contributed by atoms with E-state index in [1.807, 2.05) is 6.07 Å². The molecule has 0 aromatic heterocycles. The van der Waals surface area contributed by atoms with Crippen LogP contribution in [-0.4, -0.2) is 0 Å². The number of halogens is 2. The van der Waals surface area contributed by atoms with Gasteiger partial charge in [-0.05, 0) is 38.0 Å². The maximum atomic E-state index is 14.0. The van der Waals surface area contributed by atoms with E-state index in [-0.39, 0.29) is 11.9 Å². The van der Waals surface area contributed by atoms with Crippen molar-refractivity contribution in [3.05, 3.63) is 68.9 Å². The summed E-state index contributed by atoms with van der Waals surface area (Å²) in [6, 6.07) is 11.0. The van der Waals surface area contributed by atoms with Crippen molar-refractivity contribution in [1.29, 1.82) is 0 Å². The summed E-state index contributed by atoms with van der Waals surface area (Å²) in [6.45, 7) is 4.11. The monoisotopic (exact) mass is 336 g/mol. The topological polar surface area (TPSA) is 38.0 Å². The van der Waals surface area contributed by atoms with E-state index in [9.17, 15) is 4.39 Å².